The summed E-state index contributed by atoms with van der Waals surface area (Å²) in [5.74, 6) is -1.85. The summed E-state index contributed by atoms with van der Waals surface area (Å²) in [7, 11) is 1.53. The number of carboxylic acids is 1. The van der Waals surface area contributed by atoms with Gasteiger partial charge in [0.05, 0.1) is 0 Å². The number of likely N-dealkylation sites (N-methyl/N-ethyl adjacent to an activating group) is 1. The highest BCUT2D eigenvalue weighted by atomic mass is 16.4. The van der Waals surface area contributed by atoms with Crippen LogP contribution in [-0.4, -0.2) is 58.9 Å². The molecular weight excluding hydrogens is 422 g/mol. The van der Waals surface area contributed by atoms with Crippen LogP contribution in [0, 0.1) is 17.8 Å². The van der Waals surface area contributed by atoms with Crippen molar-refractivity contribution in [1.29, 1.82) is 0 Å². The molecule has 0 saturated heterocycles. The van der Waals surface area contributed by atoms with Crippen molar-refractivity contribution in [3.05, 3.63) is 0 Å². The van der Waals surface area contributed by atoms with Gasteiger partial charge in [-0.1, -0.05) is 52.4 Å². The van der Waals surface area contributed by atoms with Crippen molar-refractivity contribution in [3.8, 4) is 0 Å². The molecule has 3 atom stereocenters. The van der Waals surface area contributed by atoms with Crippen molar-refractivity contribution in [2.45, 2.75) is 110 Å². The van der Waals surface area contributed by atoms with Gasteiger partial charge in [0, 0.05) is 14.0 Å². The molecule has 0 unspecified atom stereocenters. The fourth-order valence-corrected chi connectivity index (χ4v) is 5.42. The number of nitrogens with one attached hydrogen (secondary N) is 2. The van der Waals surface area contributed by atoms with E-state index in [4.69, 9.17) is 0 Å². The maximum absolute atomic E-state index is 13.6. The van der Waals surface area contributed by atoms with Crippen LogP contribution >= 0.6 is 0 Å². The number of carbonyl (C=O) groups excluding carboxylic acids is 3. The lowest BCUT2D eigenvalue weighted by Crippen LogP contribution is -2.59. The Bertz CT molecular complexity index is 684. The average molecular weight is 466 g/mol. The first kappa shape index (κ1) is 27.1. The van der Waals surface area contributed by atoms with Crippen LogP contribution in [0.5, 0.6) is 0 Å². The van der Waals surface area contributed by atoms with Crippen LogP contribution < -0.4 is 10.6 Å². The van der Waals surface area contributed by atoms with Crippen LogP contribution in [0.4, 0.5) is 0 Å². The minimum Gasteiger partial charge on any atom is -0.480 e. The predicted molar refractivity (Wildman–Crippen MR) is 126 cm³/mol. The van der Waals surface area contributed by atoms with Gasteiger partial charge in [-0.2, -0.15) is 0 Å². The third kappa shape index (κ3) is 8.00. The molecule has 8 nitrogen and oxygen atoms in total. The van der Waals surface area contributed by atoms with Gasteiger partial charge in [0.1, 0.15) is 18.1 Å². The summed E-state index contributed by atoms with van der Waals surface area (Å²) >= 11 is 0. The first-order chi connectivity index (χ1) is 15.6. The lowest BCUT2D eigenvalue weighted by Gasteiger charge is -2.37. The van der Waals surface area contributed by atoms with E-state index < -0.39 is 24.1 Å². The summed E-state index contributed by atoms with van der Waals surface area (Å²) in [6, 6.07) is -2.39. The van der Waals surface area contributed by atoms with Crippen molar-refractivity contribution >= 4 is 23.7 Å². The van der Waals surface area contributed by atoms with Gasteiger partial charge in [0.25, 0.3) is 0 Å². The van der Waals surface area contributed by atoms with Crippen LogP contribution in [0.2, 0.25) is 0 Å². The predicted octanol–water partition coefficient (Wildman–Crippen LogP) is 3.09. The zero-order valence-corrected chi connectivity index (χ0v) is 20.8. The second-order valence-corrected chi connectivity index (χ2v) is 10.4. The van der Waals surface area contributed by atoms with Crippen molar-refractivity contribution in [2.75, 3.05) is 7.05 Å². The minimum absolute atomic E-state index is 0.0320. The van der Waals surface area contributed by atoms with E-state index in [9.17, 15) is 24.3 Å². The first-order valence-corrected chi connectivity index (χ1v) is 12.7. The Morgan fingerprint density at radius 1 is 0.848 bits per heavy atom. The molecular formula is C25H43N3O5. The Morgan fingerprint density at radius 3 is 1.76 bits per heavy atom. The molecule has 0 aromatic carbocycles. The zero-order valence-electron chi connectivity index (χ0n) is 20.8. The highest BCUT2D eigenvalue weighted by Crippen LogP contribution is 2.30. The molecule has 0 spiro atoms. The summed E-state index contributed by atoms with van der Waals surface area (Å²) in [5.41, 5.74) is 0. The van der Waals surface area contributed by atoms with Crippen molar-refractivity contribution in [2.24, 2.45) is 17.8 Å². The van der Waals surface area contributed by atoms with Gasteiger partial charge >= 0.3 is 5.97 Å². The lowest BCUT2D eigenvalue weighted by atomic mass is 9.81. The lowest BCUT2D eigenvalue weighted by molar-refractivity contribution is -0.151. The maximum atomic E-state index is 13.6. The molecule has 0 radical (unpaired) electrons. The highest BCUT2D eigenvalue weighted by molar-refractivity contribution is 5.93. The van der Waals surface area contributed by atoms with Gasteiger partial charge < -0.3 is 20.6 Å². The SMILES string of the molecule is CC(=O)N[C@@H](C(=O)N[C@@H](C(=O)N(C)[C@H](CC(C)C)C(=O)O)C1CCCCC1)C1CCCCC1. The maximum Gasteiger partial charge on any atom is 0.326 e. The zero-order chi connectivity index (χ0) is 24.5. The van der Waals surface area contributed by atoms with Crippen LogP contribution in [-0.2, 0) is 19.2 Å². The average Bonchev–Trinajstić information content (AvgIpc) is 2.79. The van der Waals surface area contributed by atoms with Gasteiger partial charge in [-0.3, -0.25) is 14.4 Å². The number of hydrogen-bond acceptors (Lipinski definition) is 4. The molecule has 0 bridgehead atoms. The normalized spacial score (nSPS) is 20.5. The molecule has 33 heavy (non-hydrogen) atoms. The van der Waals surface area contributed by atoms with E-state index in [2.05, 4.69) is 10.6 Å². The third-order valence-electron chi connectivity index (χ3n) is 7.24. The molecule has 2 aliphatic carbocycles. The van der Waals surface area contributed by atoms with E-state index >= 15 is 0 Å². The first-order valence-electron chi connectivity index (χ1n) is 12.7. The van der Waals surface area contributed by atoms with Crippen molar-refractivity contribution in [3.63, 3.8) is 0 Å². The van der Waals surface area contributed by atoms with Gasteiger partial charge in [0.2, 0.25) is 17.7 Å². The highest BCUT2D eigenvalue weighted by Gasteiger charge is 2.39. The molecule has 3 N–H and O–H groups in total. The second kappa shape index (κ2) is 12.9. The second-order valence-electron chi connectivity index (χ2n) is 10.4. The number of rotatable bonds is 10. The molecule has 2 fully saturated rings. The molecule has 0 aromatic heterocycles. The molecule has 2 rings (SSSR count). The molecule has 2 saturated carbocycles. The van der Waals surface area contributed by atoms with Gasteiger partial charge in [-0.25, -0.2) is 4.79 Å². The Balaban J connectivity index is 2.25. The van der Waals surface area contributed by atoms with E-state index in [-0.39, 0.29) is 35.5 Å². The molecule has 188 valence electrons. The van der Waals surface area contributed by atoms with Crippen molar-refractivity contribution in [1.82, 2.24) is 15.5 Å². The van der Waals surface area contributed by atoms with E-state index in [1.165, 1.54) is 18.9 Å². The summed E-state index contributed by atoms with van der Waals surface area (Å²) < 4.78 is 0. The molecule has 8 heteroatoms. The van der Waals surface area contributed by atoms with Gasteiger partial charge in [-0.15, -0.1) is 0 Å². The fourth-order valence-electron chi connectivity index (χ4n) is 5.42. The number of hydrogen-bond donors (Lipinski definition) is 3. The summed E-state index contributed by atoms with van der Waals surface area (Å²) in [5, 5.41) is 15.5. The van der Waals surface area contributed by atoms with E-state index in [1.54, 1.807) is 0 Å². The van der Waals surface area contributed by atoms with Gasteiger partial charge in [-0.05, 0) is 49.9 Å². The van der Waals surface area contributed by atoms with Crippen LogP contribution in [0.1, 0.15) is 91.4 Å². The quantitative estimate of drug-likeness (QED) is 0.458. The van der Waals surface area contributed by atoms with Crippen LogP contribution in [0.15, 0.2) is 0 Å². The largest absolute Gasteiger partial charge is 0.480 e. The Morgan fingerprint density at radius 2 is 1.33 bits per heavy atom. The number of aliphatic carboxylic acids is 1. The molecule has 2 aliphatic rings. The van der Waals surface area contributed by atoms with E-state index in [0.29, 0.717) is 6.42 Å². The van der Waals surface area contributed by atoms with Crippen LogP contribution in [0.3, 0.4) is 0 Å². The fraction of sp³-hybridized carbons (Fsp3) is 0.840. The smallest absolute Gasteiger partial charge is 0.326 e. The van der Waals surface area contributed by atoms with Crippen LogP contribution in [0.25, 0.3) is 0 Å². The standard InChI is InChI=1S/C25H43N3O5/c1-16(2)15-20(25(32)33)28(4)24(31)22(19-13-9-6-10-14-19)27-23(30)21(26-17(3)29)18-11-7-5-8-12-18/h16,18-22H,5-15H2,1-4H3,(H,26,29)(H,27,30)(H,32,33)/t20-,21-,22-/m1/s1. The topological polar surface area (TPSA) is 116 Å². The molecule has 0 aromatic rings. The number of nitrogens with zero attached hydrogens (tertiary/aromatic N) is 1. The van der Waals surface area contributed by atoms with Gasteiger partial charge in [0.15, 0.2) is 0 Å². The number of carboxylic acid groups (broad SMARTS) is 1. The summed E-state index contributed by atoms with van der Waals surface area (Å²) in [4.78, 5) is 52.1. The van der Waals surface area contributed by atoms with Crippen molar-refractivity contribution < 1.29 is 24.3 Å². The summed E-state index contributed by atoms with van der Waals surface area (Å²) in [6.45, 7) is 5.26. The Hall–Kier alpha value is -2.12. The summed E-state index contributed by atoms with van der Waals surface area (Å²) in [6.07, 6.45) is 9.98. The Labute approximate surface area is 198 Å². The molecule has 3 amide bonds. The van der Waals surface area contributed by atoms with E-state index in [1.807, 2.05) is 13.8 Å². The molecule has 0 heterocycles. The minimum atomic E-state index is -1.04. The number of amides is 3. The Kier molecular flexibility index (Phi) is 10.6. The third-order valence-corrected chi connectivity index (χ3v) is 7.24. The molecule has 0 aliphatic heterocycles. The monoisotopic (exact) mass is 465 g/mol. The van der Waals surface area contributed by atoms with E-state index in [0.717, 1.165) is 64.2 Å². The number of carbonyl (C=O) groups is 4.